The van der Waals surface area contributed by atoms with Gasteiger partial charge >= 0.3 is 0 Å². The number of halogens is 1. The Bertz CT molecular complexity index is 398. The predicted octanol–water partition coefficient (Wildman–Crippen LogP) is 4.46. The molecule has 0 radical (unpaired) electrons. The summed E-state index contributed by atoms with van der Waals surface area (Å²) in [5.74, 6) is 0.219. The molecule has 1 atom stereocenters. The Morgan fingerprint density at radius 2 is 2.06 bits per heavy atom. The Kier molecular flexibility index (Phi) is 6.03. The van der Waals surface area contributed by atoms with E-state index >= 15 is 0 Å². The van der Waals surface area contributed by atoms with Crippen LogP contribution in [-0.2, 0) is 11.2 Å². The Morgan fingerprint density at radius 3 is 2.61 bits per heavy atom. The summed E-state index contributed by atoms with van der Waals surface area (Å²) in [6.45, 7) is 6.07. The van der Waals surface area contributed by atoms with Crippen LogP contribution in [0.5, 0.6) is 0 Å². The number of carbonyl (C=O) groups excluding carboxylic acids is 1. The number of hydrogen-bond acceptors (Lipinski definition) is 1. The number of carbonyl (C=O) groups is 1. The lowest BCUT2D eigenvalue weighted by molar-refractivity contribution is -0.122. The predicted molar refractivity (Wildman–Crippen MR) is 73.2 cm³/mol. The Morgan fingerprint density at radius 1 is 1.33 bits per heavy atom. The topological polar surface area (TPSA) is 17.1 Å². The number of Topliss-reactive ketones (excluding diaryl/α,β-unsaturated/α-hetero) is 1. The quantitative estimate of drug-likeness (QED) is 0.698. The van der Waals surface area contributed by atoms with Crippen molar-refractivity contribution in [2.75, 3.05) is 0 Å². The first-order valence-corrected chi connectivity index (χ1v) is 6.86. The highest BCUT2D eigenvalue weighted by atomic mass is 19.1. The molecule has 0 aliphatic rings. The van der Waals surface area contributed by atoms with Crippen molar-refractivity contribution in [2.24, 2.45) is 5.92 Å². The zero-order chi connectivity index (χ0) is 13.5. The molecular formula is C16H23FO. The summed E-state index contributed by atoms with van der Waals surface area (Å²) in [4.78, 5) is 12.2. The van der Waals surface area contributed by atoms with Gasteiger partial charge < -0.3 is 0 Å². The summed E-state index contributed by atoms with van der Waals surface area (Å²) in [5.41, 5.74) is 1.82. The maximum absolute atomic E-state index is 13.0. The van der Waals surface area contributed by atoms with Gasteiger partial charge in [0.1, 0.15) is 11.6 Å². The fourth-order valence-electron chi connectivity index (χ4n) is 2.23. The van der Waals surface area contributed by atoms with Gasteiger partial charge in [-0.25, -0.2) is 4.39 Å². The van der Waals surface area contributed by atoms with E-state index in [2.05, 4.69) is 13.8 Å². The molecule has 0 fully saturated rings. The Hall–Kier alpha value is -1.18. The molecule has 1 nitrogen and oxygen atoms in total. The van der Waals surface area contributed by atoms with Gasteiger partial charge in [0.25, 0.3) is 0 Å². The van der Waals surface area contributed by atoms with E-state index in [0.29, 0.717) is 12.2 Å². The van der Waals surface area contributed by atoms with Gasteiger partial charge in [-0.3, -0.25) is 4.79 Å². The van der Waals surface area contributed by atoms with Gasteiger partial charge in [-0.05, 0) is 43.0 Å². The van der Waals surface area contributed by atoms with E-state index in [4.69, 9.17) is 0 Å². The van der Waals surface area contributed by atoms with Crippen molar-refractivity contribution in [1.29, 1.82) is 0 Å². The number of benzene rings is 1. The molecule has 0 bridgehead atoms. The molecule has 2 heteroatoms. The first-order valence-electron chi connectivity index (χ1n) is 6.86. The number of ketones is 1. The summed E-state index contributed by atoms with van der Waals surface area (Å²) in [6.07, 6.45) is 4.55. The lowest BCUT2D eigenvalue weighted by atomic mass is 9.90. The smallest absolute Gasteiger partial charge is 0.140 e. The van der Waals surface area contributed by atoms with Gasteiger partial charge in [0.2, 0.25) is 0 Å². The van der Waals surface area contributed by atoms with Crippen LogP contribution in [0.25, 0.3) is 0 Å². The fraction of sp³-hybridized carbons (Fsp3) is 0.562. The van der Waals surface area contributed by atoms with Crippen LogP contribution in [0.4, 0.5) is 4.39 Å². The third-order valence-corrected chi connectivity index (χ3v) is 3.52. The Balaban J connectivity index is 2.67. The highest BCUT2D eigenvalue weighted by Crippen LogP contribution is 2.18. The number of aryl methyl sites for hydroxylation is 1. The third-order valence-electron chi connectivity index (χ3n) is 3.52. The van der Waals surface area contributed by atoms with E-state index in [1.54, 1.807) is 6.07 Å². The molecule has 0 spiro atoms. The molecule has 0 amide bonds. The molecule has 0 N–H and O–H groups in total. The van der Waals surface area contributed by atoms with E-state index in [1.165, 1.54) is 12.1 Å². The van der Waals surface area contributed by atoms with Gasteiger partial charge in [-0.2, -0.15) is 0 Å². The second kappa shape index (κ2) is 7.30. The van der Waals surface area contributed by atoms with Crippen LogP contribution in [0.15, 0.2) is 18.2 Å². The molecule has 18 heavy (non-hydrogen) atoms. The van der Waals surface area contributed by atoms with Crippen LogP contribution in [0.1, 0.15) is 50.7 Å². The fourth-order valence-corrected chi connectivity index (χ4v) is 2.23. The summed E-state index contributed by atoms with van der Waals surface area (Å²) >= 11 is 0. The van der Waals surface area contributed by atoms with Crippen molar-refractivity contribution in [3.05, 3.63) is 35.1 Å². The van der Waals surface area contributed by atoms with Crippen LogP contribution in [-0.4, -0.2) is 5.78 Å². The maximum atomic E-state index is 13.0. The number of unbranched alkanes of at least 4 members (excludes halogenated alkanes) is 1. The SMILES string of the molecule is CCCCC(CC)C(=O)Cc1ccc(F)cc1C. The number of hydrogen-bond donors (Lipinski definition) is 0. The van der Waals surface area contributed by atoms with Crippen molar-refractivity contribution in [1.82, 2.24) is 0 Å². The van der Waals surface area contributed by atoms with Crippen molar-refractivity contribution in [3.8, 4) is 0 Å². The second-order valence-corrected chi connectivity index (χ2v) is 4.96. The van der Waals surface area contributed by atoms with Crippen molar-refractivity contribution >= 4 is 5.78 Å². The van der Waals surface area contributed by atoms with Gasteiger partial charge in [0.15, 0.2) is 0 Å². The molecule has 1 rings (SSSR count). The molecule has 0 aromatic heterocycles. The molecule has 0 heterocycles. The van der Waals surface area contributed by atoms with E-state index in [1.807, 2.05) is 6.92 Å². The van der Waals surface area contributed by atoms with Gasteiger partial charge in [-0.15, -0.1) is 0 Å². The van der Waals surface area contributed by atoms with Crippen LogP contribution in [0.2, 0.25) is 0 Å². The minimum Gasteiger partial charge on any atom is -0.299 e. The largest absolute Gasteiger partial charge is 0.299 e. The molecule has 1 aromatic carbocycles. The van der Waals surface area contributed by atoms with Crippen LogP contribution in [0, 0.1) is 18.7 Å². The molecule has 0 aliphatic heterocycles. The normalized spacial score (nSPS) is 12.4. The average Bonchev–Trinajstić information content (AvgIpc) is 2.34. The summed E-state index contributed by atoms with van der Waals surface area (Å²) in [5, 5.41) is 0. The molecule has 0 saturated carbocycles. The van der Waals surface area contributed by atoms with Crippen LogP contribution in [0.3, 0.4) is 0 Å². The minimum atomic E-state index is -0.235. The van der Waals surface area contributed by atoms with E-state index in [9.17, 15) is 9.18 Å². The van der Waals surface area contributed by atoms with Crippen molar-refractivity contribution in [2.45, 2.75) is 52.9 Å². The molecular weight excluding hydrogens is 227 g/mol. The molecule has 1 unspecified atom stereocenters. The zero-order valence-electron chi connectivity index (χ0n) is 11.6. The van der Waals surface area contributed by atoms with Crippen molar-refractivity contribution in [3.63, 3.8) is 0 Å². The van der Waals surface area contributed by atoms with Crippen molar-refractivity contribution < 1.29 is 9.18 Å². The average molecular weight is 250 g/mol. The third kappa shape index (κ3) is 4.25. The summed E-state index contributed by atoms with van der Waals surface area (Å²) in [6, 6.07) is 4.66. The minimum absolute atomic E-state index is 0.161. The summed E-state index contributed by atoms with van der Waals surface area (Å²) < 4.78 is 13.0. The zero-order valence-corrected chi connectivity index (χ0v) is 11.6. The molecule has 1 aromatic rings. The van der Waals surface area contributed by atoms with Gasteiger partial charge in [0, 0.05) is 12.3 Å². The molecule has 0 saturated heterocycles. The second-order valence-electron chi connectivity index (χ2n) is 4.96. The van der Waals surface area contributed by atoms with E-state index in [-0.39, 0.29) is 11.7 Å². The maximum Gasteiger partial charge on any atom is 0.140 e. The van der Waals surface area contributed by atoms with E-state index in [0.717, 1.165) is 36.8 Å². The first kappa shape index (κ1) is 14.9. The molecule has 0 aliphatic carbocycles. The standard InChI is InChI=1S/C16H23FO/c1-4-6-7-13(5-2)16(18)11-14-8-9-15(17)10-12(14)3/h8-10,13H,4-7,11H2,1-3H3. The van der Waals surface area contributed by atoms with Gasteiger partial charge in [-0.1, -0.05) is 32.8 Å². The van der Waals surface area contributed by atoms with Crippen LogP contribution < -0.4 is 0 Å². The lowest BCUT2D eigenvalue weighted by Gasteiger charge is -2.14. The number of rotatable bonds is 7. The Labute approximate surface area is 109 Å². The monoisotopic (exact) mass is 250 g/mol. The highest BCUT2D eigenvalue weighted by Gasteiger charge is 2.16. The summed E-state index contributed by atoms with van der Waals surface area (Å²) in [7, 11) is 0. The first-order chi connectivity index (χ1) is 8.58. The lowest BCUT2D eigenvalue weighted by Crippen LogP contribution is -2.16. The molecule has 100 valence electrons. The van der Waals surface area contributed by atoms with E-state index < -0.39 is 0 Å². The van der Waals surface area contributed by atoms with Crippen LogP contribution >= 0.6 is 0 Å². The van der Waals surface area contributed by atoms with Gasteiger partial charge in [0.05, 0.1) is 0 Å². The highest BCUT2D eigenvalue weighted by molar-refractivity contribution is 5.83.